The average Bonchev–Trinajstić information content (AvgIpc) is 2.59. The van der Waals surface area contributed by atoms with E-state index >= 15 is 0 Å². The zero-order valence-corrected chi connectivity index (χ0v) is 11.5. The Labute approximate surface area is 104 Å². The van der Waals surface area contributed by atoms with Gasteiger partial charge in [-0.25, -0.2) is 4.79 Å². The first-order valence-corrected chi connectivity index (χ1v) is 6.55. The Balaban J connectivity index is 2.54. The van der Waals surface area contributed by atoms with Gasteiger partial charge in [-0.1, -0.05) is 13.3 Å². The lowest BCUT2D eigenvalue weighted by Crippen LogP contribution is -2.35. The van der Waals surface area contributed by atoms with Crippen molar-refractivity contribution in [1.82, 2.24) is 4.90 Å². The van der Waals surface area contributed by atoms with Gasteiger partial charge >= 0.3 is 6.09 Å². The van der Waals surface area contributed by atoms with Gasteiger partial charge in [-0.05, 0) is 45.6 Å². The van der Waals surface area contributed by atoms with Gasteiger partial charge in [-0.2, -0.15) is 0 Å². The molecule has 0 aromatic heterocycles. The highest BCUT2D eigenvalue weighted by Crippen LogP contribution is 2.27. The average molecular weight is 242 g/mol. The number of nitrogens with zero attached hydrogens (tertiary/aromatic N) is 1. The van der Waals surface area contributed by atoms with Crippen molar-refractivity contribution >= 4 is 6.09 Å². The summed E-state index contributed by atoms with van der Waals surface area (Å²) in [5, 5.41) is 0. The van der Waals surface area contributed by atoms with Gasteiger partial charge in [0.05, 0.1) is 0 Å². The van der Waals surface area contributed by atoms with E-state index in [1.54, 1.807) is 0 Å². The second-order valence-electron chi connectivity index (χ2n) is 5.93. The van der Waals surface area contributed by atoms with E-state index in [-0.39, 0.29) is 6.09 Å². The summed E-state index contributed by atoms with van der Waals surface area (Å²) in [6.45, 7) is 10.1. The van der Waals surface area contributed by atoms with Gasteiger partial charge in [0.15, 0.2) is 0 Å². The van der Waals surface area contributed by atoms with Crippen molar-refractivity contribution in [2.24, 2.45) is 17.6 Å². The maximum atomic E-state index is 11.9. The largest absolute Gasteiger partial charge is 0.444 e. The Morgan fingerprint density at radius 3 is 2.41 bits per heavy atom. The molecule has 1 aliphatic rings. The summed E-state index contributed by atoms with van der Waals surface area (Å²) in [6, 6.07) is 0. The Morgan fingerprint density at radius 1 is 1.35 bits per heavy atom. The monoisotopic (exact) mass is 242 g/mol. The summed E-state index contributed by atoms with van der Waals surface area (Å²) in [6.07, 6.45) is 2.08. The van der Waals surface area contributed by atoms with Crippen molar-refractivity contribution in [3.8, 4) is 0 Å². The molecule has 1 fully saturated rings. The molecule has 1 saturated heterocycles. The first-order valence-electron chi connectivity index (χ1n) is 6.55. The molecule has 4 heteroatoms. The predicted molar refractivity (Wildman–Crippen MR) is 68.7 cm³/mol. The highest BCUT2D eigenvalue weighted by atomic mass is 16.6. The van der Waals surface area contributed by atoms with E-state index in [0.29, 0.717) is 18.4 Å². The van der Waals surface area contributed by atoms with Crippen molar-refractivity contribution in [2.45, 2.75) is 46.1 Å². The van der Waals surface area contributed by atoms with Crippen molar-refractivity contribution in [2.75, 3.05) is 19.6 Å². The van der Waals surface area contributed by atoms with Crippen LogP contribution in [-0.4, -0.2) is 36.2 Å². The van der Waals surface area contributed by atoms with Gasteiger partial charge in [0.2, 0.25) is 0 Å². The maximum absolute atomic E-state index is 11.9. The van der Waals surface area contributed by atoms with Gasteiger partial charge in [-0.15, -0.1) is 0 Å². The fourth-order valence-electron chi connectivity index (χ4n) is 2.38. The molecule has 0 aromatic carbocycles. The minimum Gasteiger partial charge on any atom is -0.444 e. The zero-order valence-electron chi connectivity index (χ0n) is 11.5. The number of amides is 1. The molecule has 100 valence electrons. The molecule has 1 amide bonds. The summed E-state index contributed by atoms with van der Waals surface area (Å²) >= 11 is 0. The van der Waals surface area contributed by atoms with Crippen LogP contribution in [-0.2, 0) is 4.74 Å². The number of hydrogen-bond acceptors (Lipinski definition) is 3. The van der Waals surface area contributed by atoms with E-state index in [2.05, 4.69) is 6.92 Å². The van der Waals surface area contributed by atoms with Crippen LogP contribution in [0.2, 0.25) is 0 Å². The Kier molecular flexibility index (Phi) is 4.80. The van der Waals surface area contributed by atoms with Gasteiger partial charge in [0, 0.05) is 13.1 Å². The first-order chi connectivity index (χ1) is 7.87. The van der Waals surface area contributed by atoms with Crippen LogP contribution in [0, 0.1) is 11.8 Å². The lowest BCUT2D eigenvalue weighted by atomic mass is 9.92. The van der Waals surface area contributed by atoms with Gasteiger partial charge in [0.25, 0.3) is 0 Å². The van der Waals surface area contributed by atoms with E-state index in [0.717, 1.165) is 25.9 Å². The molecule has 2 unspecified atom stereocenters. The minimum atomic E-state index is -0.419. The van der Waals surface area contributed by atoms with E-state index in [4.69, 9.17) is 10.5 Å². The molecule has 0 bridgehead atoms. The Morgan fingerprint density at radius 2 is 1.94 bits per heavy atom. The van der Waals surface area contributed by atoms with Crippen molar-refractivity contribution in [3.05, 3.63) is 0 Å². The molecular formula is C13H26N2O2. The van der Waals surface area contributed by atoms with E-state index < -0.39 is 5.60 Å². The normalized spacial score (nSPS) is 25.1. The standard InChI is InChI=1S/C13H26N2O2/c1-5-6-10-8-15(9-11(10)7-14)12(16)17-13(2,3)4/h10-11H,5-9,14H2,1-4H3. The predicted octanol–water partition coefficient (Wildman–Crippen LogP) is 2.23. The number of rotatable bonds is 3. The summed E-state index contributed by atoms with van der Waals surface area (Å²) in [7, 11) is 0. The third-order valence-electron chi connectivity index (χ3n) is 3.19. The quantitative estimate of drug-likeness (QED) is 0.825. The third-order valence-corrected chi connectivity index (χ3v) is 3.19. The molecule has 0 aliphatic carbocycles. The number of hydrogen-bond donors (Lipinski definition) is 1. The molecule has 4 nitrogen and oxygen atoms in total. The van der Waals surface area contributed by atoms with Crippen LogP contribution < -0.4 is 5.73 Å². The lowest BCUT2D eigenvalue weighted by molar-refractivity contribution is 0.0284. The number of ether oxygens (including phenoxy) is 1. The maximum Gasteiger partial charge on any atom is 0.410 e. The summed E-state index contributed by atoms with van der Waals surface area (Å²) in [5.74, 6) is 0.972. The highest BCUT2D eigenvalue weighted by Gasteiger charge is 2.35. The smallest absolute Gasteiger partial charge is 0.410 e. The number of carbonyl (C=O) groups is 1. The highest BCUT2D eigenvalue weighted by molar-refractivity contribution is 5.68. The van der Waals surface area contributed by atoms with Crippen LogP contribution >= 0.6 is 0 Å². The minimum absolute atomic E-state index is 0.199. The fraction of sp³-hybridized carbons (Fsp3) is 0.923. The van der Waals surface area contributed by atoms with E-state index in [9.17, 15) is 4.79 Å². The van der Waals surface area contributed by atoms with Crippen molar-refractivity contribution in [1.29, 1.82) is 0 Å². The first kappa shape index (κ1) is 14.3. The molecule has 0 aromatic rings. The Bertz CT molecular complexity index is 261. The second-order valence-corrected chi connectivity index (χ2v) is 5.93. The van der Waals surface area contributed by atoms with Crippen LogP contribution in [0.4, 0.5) is 4.79 Å². The molecule has 17 heavy (non-hydrogen) atoms. The molecule has 1 heterocycles. The molecular weight excluding hydrogens is 216 g/mol. The lowest BCUT2D eigenvalue weighted by Gasteiger charge is -2.24. The molecule has 2 N–H and O–H groups in total. The number of nitrogens with two attached hydrogens (primary N) is 1. The van der Waals surface area contributed by atoms with Crippen LogP contribution in [0.15, 0.2) is 0 Å². The summed E-state index contributed by atoms with van der Waals surface area (Å²) < 4.78 is 5.39. The molecule has 1 aliphatic heterocycles. The van der Waals surface area contributed by atoms with Crippen molar-refractivity contribution < 1.29 is 9.53 Å². The van der Waals surface area contributed by atoms with E-state index in [1.807, 2.05) is 25.7 Å². The van der Waals surface area contributed by atoms with Crippen LogP contribution in [0.5, 0.6) is 0 Å². The molecule has 0 spiro atoms. The topological polar surface area (TPSA) is 55.6 Å². The fourth-order valence-corrected chi connectivity index (χ4v) is 2.38. The van der Waals surface area contributed by atoms with Gasteiger partial charge in [-0.3, -0.25) is 0 Å². The number of likely N-dealkylation sites (tertiary alicyclic amines) is 1. The van der Waals surface area contributed by atoms with Gasteiger partial charge in [0.1, 0.15) is 5.60 Å². The van der Waals surface area contributed by atoms with Crippen LogP contribution in [0.1, 0.15) is 40.5 Å². The second kappa shape index (κ2) is 5.71. The van der Waals surface area contributed by atoms with Crippen LogP contribution in [0.25, 0.3) is 0 Å². The third kappa shape index (κ3) is 4.19. The zero-order chi connectivity index (χ0) is 13.1. The van der Waals surface area contributed by atoms with E-state index in [1.165, 1.54) is 0 Å². The summed E-state index contributed by atoms with van der Waals surface area (Å²) in [5.41, 5.74) is 5.35. The van der Waals surface area contributed by atoms with Crippen molar-refractivity contribution in [3.63, 3.8) is 0 Å². The Hall–Kier alpha value is -0.770. The van der Waals surface area contributed by atoms with Crippen LogP contribution in [0.3, 0.4) is 0 Å². The summed E-state index contributed by atoms with van der Waals surface area (Å²) in [4.78, 5) is 13.7. The molecule has 0 radical (unpaired) electrons. The van der Waals surface area contributed by atoms with Gasteiger partial charge < -0.3 is 15.4 Å². The molecule has 2 atom stereocenters. The molecule has 1 rings (SSSR count). The number of carbonyl (C=O) groups excluding carboxylic acids is 1. The molecule has 0 saturated carbocycles. The SMILES string of the molecule is CCCC1CN(C(=O)OC(C)(C)C)CC1CN.